The Balaban J connectivity index is 0.00000147. The number of rotatable bonds is 2. The summed E-state index contributed by atoms with van der Waals surface area (Å²) in [6.07, 6.45) is 9.02. The highest BCUT2D eigenvalue weighted by Gasteiger charge is 2.39. The van der Waals surface area contributed by atoms with Crippen molar-refractivity contribution in [3.05, 3.63) is 0 Å². The SMILES string of the molecule is Cl.NC1CCCC(C(=O)NC2CCCC3OCCC23)C1. The van der Waals surface area contributed by atoms with Gasteiger partial charge in [0.1, 0.15) is 0 Å². The molecule has 3 aliphatic rings. The van der Waals surface area contributed by atoms with Gasteiger partial charge in [-0.2, -0.15) is 0 Å². The van der Waals surface area contributed by atoms with Crippen LogP contribution in [0.4, 0.5) is 0 Å². The summed E-state index contributed by atoms with van der Waals surface area (Å²) in [5.41, 5.74) is 5.98. The highest BCUT2D eigenvalue weighted by Crippen LogP contribution is 2.35. The van der Waals surface area contributed by atoms with Crippen LogP contribution in [0.2, 0.25) is 0 Å². The third-order valence-corrected chi connectivity index (χ3v) is 5.19. The van der Waals surface area contributed by atoms with Gasteiger partial charge >= 0.3 is 0 Å². The fourth-order valence-electron chi connectivity index (χ4n) is 4.12. The first-order valence-electron chi connectivity index (χ1n) is 7.91. The molecule has 0 spiro atoms. The van der Waals surface area contributed by atoms with E-state index >= 15 is 0 Å². The maximum atomic E-state index is 12.4. The van der Waals surface area contributed by atoms with E-state index in [4.69, 9.17) is 10.5 Å². The fraction of sp³-hybridized carbons (Fsp3) is 0.933. The second-order valence-corrected chi connectivity index (χ2v) is 6.53. The average Bonchev–Trinajstić information content (AvgIpc) is 2.88. The summed E-state index contributed by atoms with van der Waals surface area (Å²) in [4.78, 5) is 12.4. The van der Waals surface area contributed by atoms with Crippen molar-refractivity contribution in [1.29, 1.82) is 0 Å². The molecular weight excluding hydrogens is 276 g/mol. The standard InChI is InChI=1S/C15H26N2O2.ClH/c16-11-4-1-3-10(9-11)15(18)17-13-5-2-6-14-12(13)7-8-19-14;/h10-14H,1-9,16H2,(H,17,18);1H. The van der Waals surface area contributed by atoms with E-state index in [0.29, 0.717) is 18.1 Å². The molecule has 0 aromatic heterocycles. The van der Waals surface area contributed by atoms with Crippen molar-refractivity contribution < 1.29 is 9.53 Å². The topological polar surface area (TPSA) is 64.4 Å². The van der Waals surface area contributed by atoms with Crippen molar-refractivity contribution in [2.45, 2.75) is 69.6 Å². The summed E-state index contributed by atoms with van der Waals surface area (Å²) in [5, 5.41) is 3.31. The third-order valence-electron chi connectivity index (χ3n) is 5.19. The molecule has 1 saturated heterocycles. The minimum atomic E-state index is 0. The predicted molar refractivity (Wildman–Crippen MR) is 80.8 cm³/mol. The number of carbonyl (C=O) groups excluding carboxylic acids is 1. The lowest BCUT2D eigenvalue weighted by molar-refractivity contribution is -0.127. The molecule has 0 radical (unpaired) electrons. The number of carbonyl (C=O) groups is 1. The minimum absolute atomic E-state index is 0. The number of fused-ring (bicyclic) bond motifs is 1. The molecule has 20 heavy (non-hydrogen) atoms. The Labute approximate surface area is 127 Å². The maximum Gasteiger partial charge on any atom is 0.223 e. The molecule has 5 atom stereocenters. The number of amides is 1. The molecule has 1 amide bonds. The van der Waals surface area contributed by atoms with Gasteiger partial charge in [0.15, 0.2) is 0 Å². The minimum Gasteiger partial charge on any atom is -0.378 e. The molecule has 2 saturated carbocycles. The summed E-state index contributed by atoms with van der Waals surface area (Å²) in [6, 6.07) is 0.560. The highest BCUT2D eigenvalue weighted by molar-refractivity contribution is 5.85. The maximum absolute atomic E-state index is 12.4. The summed E-state index contributed by atoms with van der Waals surface area (Å²) >= 11 is 0. The Morgan fingerprint density at radius 2 is 1.90 bits per heavy atom. The Bertz CT molecular complexity index is 340. The van der Waals surface area contributed by atoms with Gasteiger partial charge in [-0.25, -0.2) is 0 Å². The van der Waals surface area contributed by atoms with Gasteiger partial charge in [-0.15, -0.1) is 12.4 Å². The van der Waals surface area contributed by atoms with Gasteiger partial charge in [-0.05, 0) is 44.9 Å². The van der Waals surface area contributed by atoms with E-state index < -0.39 is 0 Å². The van der Waals surface area contributed by atoms with Crippen LogP contribution in [0.15, 0.2) is 0 Å². The van der Waals surface area contributed by atoms with Gasteiger partial charge in [-0.1, -0.05) is 6.42 Å². The van der Waals surface area contributed by atoms with Gasteiger partial charge in [0.2, 0.25) is 5.91 Å². The van der Waals surface area contributed by atoms with Crippen LogP contribution in [0.3, 0.4) is 0 Å². The molecule has 0 aromatic carbocycles. The largest absolute Gasteiger partial charge is 0.378 e. The molecule has 5 unspecified atom stereocenters. The summed E-state index contributed by atoms with van der Waals surface area (Å²) in [7, 11) is 0. The van der Waals surface area contributed by atoms with Gasteiger partial charge < -0.3 is 15.8 Å². The van der Waals surface area contributed by atoms with Crippen LogP contribution in [0.5, 0.6) is 0 Å². The lowest BCUT2D eigenvalue weighted by Crippen LogP contribution is -2.48. The van der Waals surface area contributed by atoms with Crippen molar-refractivity contribution in [3.63, 3.8) is 0 Å². The monoisotopic (exact) mass is 302 g/mol. The summed E-state index contributed by atoms with van der Waals surface area (Å²) in [6.45, 7) is 0.871. The molecule has 0 bridgehead atoms. The van der Waals surface area contributed by atoms with Crippen LogP contribution < -0.4 is 11.1 Å². The highest BCUT2D eigenvalue weighted by atomic mass is 35.5. The van der Waals surface area contributed by atoms with Gasteiger partial charge in [0.25, 0.3) is 0 Å². The first-order valence-corrected chi connectivity index (χ1v) is 7.91. The zero-order valence-electron chi connectivity index (χ0n) is 12.1. The van der Waals surface area contributed by atoms with Crippen molar-refractivity contribution in [3.8, 4) is 0 Å². The number of hydrogen-bond acceptors (Lipinski definition) is 3. The van der Waals surface area contributed by atoms with Gasteiger partial charge in [0, 0.05) is 30.5 Å². The van der Waals surface area contributed by atoms with Crippen LogP contribution in [-0.4, -0.2) is 30.7 Å². The molecule has 3 rings (SSSR count). The van der Waals surface area contributed by atoms with Crippen LogP contribution in [0.25, 0.3) is 0 Å². The number of ether oxygens (including phenoxy) is 1. The molecule has 1 heterocycles. The van der Waals surface area contributed by atoms with E-state index in [0.717, 1.165) is 45.1 Å². The van der Waals surface area contributed by atoms with Crippen molar-refractivity contribution in [1.82, 2.24) is 5.32 Å². The number of hydrogen-bond donors (Lipinski definition) is 2. The molecule has 4 nitrogen and oxygen atoms in total. The number of halogens is 1. The van der Waals surface area contributed by atoms with E-state index in [2.05, 4.69) is 5.32 Å². The molecule has 3 fully saturated rings. The smallest absolute Gasteiger partial charge is 0.223 e. The quantitative estimate of drug-likeness (QED) is 0.820. The van der Waals surface area contributed by atoms with E-state index in [1.165, 1.54) is 12.8 Å². The van der Waals surface area contributed by atoms with Gasteiger partial charge in [-0.3, -0.25) is 4.79 Å². The molecule has 3 N–H and O–H groups in total. The average molecular weight is 303 g/mol. The summed E-state index contributed by atoms with van der Waals surface area (Å²) in [5.74, 6) is 0.939. The van der Waals surface area contributed by atoms with Gasteiger partial charge in [0.05, 0.1) is 6.10 Å². The van der Waals surface area contributed by atoms with E-state index in [1.807, 2.05) is 0 Å². The molecule has 5 heteroatoms. The zero-order valence-corrected chi connectivity index (χ0v) is 12.9. The second kappa shape index (κ2) is 7.10. The molecule has 116 valence electrons. The van der Waals surface area contributed by atoms with Crippen LogP contribution in [0, 0.1) is 11.8 Å². The molecule has 1 aliphatic heterocycles. The zero-order chi connectivity index (χ0) is 13.2. The Morgan fingerprint density at radius 3 is 2.70 bits per heavy atom. The Kier molecular flexibility index (Phi) is 5.70. The summed E-state index contributed by atoms with van der Waals surface area (Å²) < 4.78 is 5.76. The van der Waals surface area contributed by atoms with Crippen LogP contribution in [0.1, 0.15) is 51.4 Å². The number of nitrogens with one attached hydrogen (secondary N) is 1. The Hall–Kier alpha value is -0.320. The lowest BCUT2D eigenvalue weighted by atomic mass is 9.80. The molecular formula is C15H27ClN2O2. The van der Waals surface area contributed by atoms with E-state index in [9.17, 15) is 4.79 Å². The third kappa shape index (κ3) is 3.46. The fourth-order valence-corrected chi connectivity index (χ4v) is 4.12. The lowest BCUT2D eigenvalue weighted by Gasteiger charge is -2.35. The first-order chi connectivity index (χ1) is 9.24. The molecule has 0 aromatic rings. The van der Waals surface area contributed by atoms with E-state index in [-0.39, 0.29) is 30.3 Å². The van der Waals surface area contributed by atoms with Crippen LogP contribution >= 0.6 is 12.4 Å². The van der Waals surface area contributed by atoms with Crippen LogP contribution in [-0.2, 0) is 9.53 Å². The second-order valence-electron chi connectivity index (χ2n) is 6.53. The van der Waals surface area contributed by atoms with Crippen molar-refractivity contribution >= 4 is 18.3 Å². The predicted octanol–water partition coefficient (Wildman–Crippen LogP) is 2.00. The van der Waals surface area contributed by atoms with Crippen molar-refractivity contribution in [2.75, 3.05) is 6.61 Å². The number of nitrogens with two attached hydrogens (primary N) is 1. The normalized spacial score (nSPS) is 40.5. The van der Waals surface area contributed by atoms with E-state index in [1.54, 1.807) is 0 Å². The molecule has 2 aliphatic carbocycles. The Morgan fingerprint density at radius 1 is 1.10 bits per heavy atom. The first kappa shape index (κ1) is 16.1. The van der Waals surface area contributed by atoms with Crippen molar-refractivity contribution in [2.24, 2.45) is 17.6 Å².